The summed E-state index contributed by atoms with van der Waals surface area (Å²) in [4.78, 5) is 20.3. The highest BCUT2D eigenvalue weighted by Gasteiger charge is 2.24. The van der Waals surface area contributed by atoms with E-state index in [0.717, 1.165) is 12.3 Å². The molecule has 0 bridgehead atoms. The van der Waals surface area contributed by atoms with Crippen LogP contribution in [0.1, 0.15) is 10.4 Å². The number of aromatic nitrogens is 1. The van der Waals surface area contributed by atoms with Crippen LogP contribution in [0.2, 0.25) is 0 Å². The third-order valence-corrected chi connectivity index (χ3v) is 3.71. The van der Waals surface area contributed by atoms with Crippen LogP contribution in [0.25, 0.3) is 0 Å². The van der Waals surface area contributed by atoms with Crippen LogP contribution < -0.4 is 10.8 Å². The average Bonchev–Trinajstić information content (AvgIpc) is 2.63. The molecule has 4 N–H and O–H groups in total. The van der Waals surface area contributed by atoms with Gasteiger partial charge in [0.1, 0.15) is 24.3 Å². The maximum atomic E-state index is 14.2. The number of halogens is 5. The number of hydrogen-bond acceptors (Lipinski definition) is 6. The predicted octanol–water partition coefficient (Wildman–Crippen LogP) is 2.16. The fourth-order valence-corrected chi connectivity index (χ4v) is 2.25. The van der Waals surface area contributed by atoms with Crippen LogP contribution >= 0.6 is 15.9 Å². The summed E-state index contributed by atoms with van der Waals surface area (Å²) < 4.78 is 54.5. The van der Waals surface area contributed by atoms with Gasteiger partial charge in [0.2, 0.25) is 0 Å². The van der Waals surface area contributed by atoms with Crippen molar-refractivity contribution in [1.29, 1.82) is 0 Å². The Morgan fingerprint density at radius 3 is 2.59 bits per heavy atom. The number of nitrogens with one attached hydrogen (secondary N) is 2. The summed E-state index contributed by atoms with van der Waals surface area (Å²) in [7, 11) is 0. The highest BCUT2D eigenvalue weighted by atomic mass is 79.9. The molecule has 2 rings (SSSR count). The van der Waals surface area contributed by atoms with E-state index in [0.29, 0.717) is 6.07 Å². The Hall–Kier alpha value is -2.28. The molecule has 146 valence electrons. The van der Waals surface area contributed by atoms with E-state index in [1.165, 1.54) is 0 Å². The first-order chi connectivity index (χ1) is 12.7. The molecule has 1 heterocycles. The number of benzene rings is 1. The van der Waals surface area contributed by atoms with Crippen LogP contribution in [0.15, 0.2) is 22.8 Å². The van der Waals surface area contributed by atoms with Crippen molar-refractivity contribution in [3.8, 4) is 0 Å². The number of amides is 1. The van der Waals surface area contributed by atoms with Gasteiger partial charge in [0.25, 0.3) is 5.91 Å². The molecule has 0 saturated heterocycles. The van der Waals surface area contributed by atoms with Gasteiger partial charge in [-0.25, -0.2) is 28.0 Å². The van der Waals surface area contributed by atoms with Gasteiger partial charge in [-0.1, -0.05) is 0 Å². The molecule has 1 amide bonds. The zero-order valence-corrected chi connectivity index (χ0v) is 14.9. The molecular weight excluding hydrogens is 442 g/mol. The van der Waals surface area contributed by atoms with Gasteiger partial charge in [-0.2, -0.15) is 0 Å². The summed E-state index contributed by atoms with van der Waals surface area (Å²) in [5, 5.41) is 20.0. The molecule has 1 atom stereocenters. The standard InChI is InChI=1S/C15H12BrF4N3O4/c16-9-1-6(17)3-21-14(9)22-13-8(2-10(18)11(19)12(13)20)15(26)23-27-5-7(25)4-24/h1-3,7,24-25H,4-5H2,(H,21,22)(H,23,26)/t7-/m1/s1. The number of rotatable bonds is 7. The Labute approximate surface area is 158 Å². The second-order valence-electron chi connectivity index (χ2n) is 5.10. The van der Waals surface area contributed by atoms with Crippen molar-refractivity contribution < 1.29 is 37.4 Å². The maximum absolute atomic E-state index is 14.2. The third-order valence-electron chi connectivity index (χ3n) is 3.11. The third kappa shape index (κ3) is 5.13. The van der Waals surface area contributed by atoms with Gasteiger partial charge in [-0.15, -0.1) is 0 Å². The van der Waals surface area contributed by atoms with Crippen LogP contribution in [0.4, 0.5) is 29.1 Å². The van der Waals surface area contributed by atoms with Gasteiger partial charge >= 0.3 is 0 Å². The first kappa shape index (κ1) is 21.0. The molecule has 0 spiro atoms. The van der Waals surface area contributed by atoms with Crippen LogP contribution in [0.5, 0.6) is 0 Å². The maximum Gasteiger partial charge on any atom is 0.277 e. The van der Waals surface area contributed by atoms with E-state index < -0.39 is 59.7 Å². The predicted molar refractivity (Wildman–Crippen MR) is 88.0 cm³/mol. The largest absolute Gasteiger partial charge is 0.394 e. The van der Waals surface area contributed by atoms with Crippen molar-refractivity contribution >= 4 is 33.3 Å². The molecule has 7 nitrogen and oxygen atoms in total. The summed E-state index contributed by atoms with van der Waals surface area (Å²) in [6.45, 7) is -1.16. The Morgan fingerprint density at radius 1 is 1.26 bits per heavy atom. The Balaban J connectivity index is 2.34. The van der Waals surface area contributed by atoms with Crippen LogP contribution in [0, 0.1) is 23.3 Å². The summed E-state index contributed by atoms with van der Waals surface area (Å²) in [5.41, 5.74) is 0.318. The molecule has 0 aliphatic carbocycles. The Bertz CT molecular complexity index is 856. The van der Waals surface area contributed by atoms with E-state index in [-0.39, 0.29) is 10.3 Å². The van der Waals surface area contributed by atoms with Crippen LogP contribution in [-0.2, 0) is 4.84 Å². The lowest BCUT2D eigenvalue weighted by molar-refractivity contribution is -0.0295. The van der Waals surface area contributed by atoms with Crippen molar-refractivity contribution in [3.05, 3.63) is 51.6 Å². The minimum Gasteiger partial charge on any atom is -0.394 e. The number of pyridine rings is 1. The van der Waals surface area contributed by atoms with Crippen LogP contribution in [-0.4, -0.2) is 40.4 Å². The second kappa shape index (κ2) is 9.08. The van der Waals surface area contributed by atoms with Crippen molar-refractivity contribution in [3.63, 3.8) is 0 Å². The summed E-state index contributed by atoms with van der Waals surface area (Å²) in [6.07, 6.45) is -0.520. The van der Waals surface area contributed by atoms with E-state index in [9.17, 15) is 22.4 Å². The minimum absolute atomic E-state index is 0.0281. The van der Waals surface area contributed by atoms with E-state index in [2.05, 4.69) is 31.1 Å². The lowest BCUT2D eigenvalue weighted by Crippen LogP contribution is -2.30. The van der Waals surface area contributed by atoms with Gasteiger partial charge in [0, 0.05) is 0 Å². The molecule has 27 heavy (non-hydrogen) atoms. The lowest BCUT2D eigenvalue weighted by atomic mass is 10.1. The fourth-order valence-electron chi connectivity index (χ4n) is 1.83. The van der Waals surface area contributed by atoms with Crippen molar-refractivity contribution in [2.45, 2.75) is 6.10 Å². The zero-order chi connectivity index (χ0) is 20.1. The summed E-state index contributed by atoms with van der Waals surface area (Å²) in [6, 6.07) is 1.39. The molecule has 0 saturated carbocycles. The zero-order valence-electron chi connectivity index (χ0n) is 13.3. The Morgan fingerprint density at radius 2 is 1.96 bits per heavy atom. The normalized spacial score (nSPS) is 12.0. The number of hydrogen-bond donors (Lipinski definition) is 4. The van der Waals surface area contributed by atoms with Crippen molar-refractivity contribution in [1.82, 2.24) is 10.5 Å². The quantitative estimate of drug-likeness (QED) is 0.291. The lowest BCUT2D eigenvalue weighted by Gasteiger charge is -2.15. The first-order valence-corrected chi connectivity index (χ1v) is 8.00. The molecule has 12 heteroatoms. The molecule has 0 aliphatic rings. The van der Waals surface area contributed by atoms with E-state index >= 15 is 0 Å². The highest BCUT2D eigenvalue weighted by molar-refractivity contribution is 9.10. The average molecular weight is 454 g/mol. The van der Waals surface area contributed by atoms with Gasteiger partial charge in [0.15, 0.2) is 17.5 Å². The highest BCUT2D eigenvalue weighted by Crippen LogP contribution is 2.30. The van der Waals surface area contributed by atoms with E-state index in [1.54, 1.807) is 5.48 Å². The van der Waals surface area contributed by atoms with Crippen molar-refractivity contribution in [2.75, 3.05) is 18.5 Å². The van der Waals surface area contributed by atoms with Gasteiger partial charge < -0.3 is 15.5 Å². The second-order valence-corrected chi connectivity index (χ2v) is 5.95. The minimum atomic E-state index is -1.84. The van der Waals surface area contributed by atoms with Gasteiger partial charge in [0.05, 0.1) is 28.5 Å². The Kier molecular flexibility index (Phi) is 7.07. The number of hydroxylamine groups is 1. The number of nitrogens with zero attached hydrogens (tertiary/aromatic N) is 1. The summed E-state index contributed by atoms with van der Waals surface area (Å²) in [5.74, 6) is -7.26. The van der Waals surface area contributed by atoms with Gasteiger partial charge in [-0.05, 0) is 28.1 Å². The number of aliphatic hydroxyl groups excluding tert-OH is 2. The summed E-state index contributed by atoms with van der Waals surface area (Å²) >= 11 is 2.96. The topological polar surface area (TPSA) is 104 Å². The van der Waals surface area contributed by atoms with Crippen molar-refractivity contribution in [2.24, 2.45) is 0 Å². The molecule has 2 aromatic rings. The first-order valence-electron chi connectivity index (χ1n) is 7.21. The monoisotopic (exact) mass is 453 g/mol. The SMILES string of the molecule is O=C(NOC[C@H](O)CO)c1cc(F)c(F)c(F)c1Nc1ncc(F)cc1Br. The molecule has 0 unspecified atom stereocenters. The fraction of sp³-hybridized carbons (Fsp3) is 0.200. The number of carbonyl (C=O) groups is 1. The molecule has 1 aromatic carbocycles. The molecule has 0 aliphatic heterocycles. The number of carbonyl (C=O) groups excluding carboxylic acids is 1. The van der Waals surface area contributed by atoms with E-state index in [1.807, 2.05) is 0 Å². The smallest absolute Gasteiger partial charge is 0.277 e. The molecule has 1 aromatic heterocycles. The van der Waals surface area contributed by atoms with Gasteiger partial charge in [-0.3, -0.25) is 9.63 Å². The van der Waals surface area contributed by atoms with E-state index in [4.69, 9.17) is 10.2 Å². The molecule has 0 radical (unpaired) electrons. The number of anilines is 2. The molecule has 0 fully saturated rings. The van der Waals surface area contributed by atoms with Crippen LogP contribution in [0.3, 0.4) is 0 Å². The molecular formula is C15H12BrF4N3O4. The number of aliphatic hydroxyl groups is 2.